The van der Waals surface area contributed by atoms with E-state index < -0.39 is 15.9 Å². The molecule has 0 bridgehead atoms. The number of hydrogen-bond donors (Lipinski definition) is 3. The second-order valence-corrected chi connectivity index (χ2v) is 8.73. The van der Waals surface area contributed by atoms with Gasteiger partial charge in [-0.2, -0.15) is 0 Å². The number of nitrogens with one attached hydrogen (secondary N) is 2. The highest BCUT2D eigenvalue weighted by atomic mass is 79.9. The van der Waals surface area contributed by atoms with Gasteiger partial charge in [-0.05, 0) is 59.1 Å². The minimum atomic E-state index is -3.95. The average Bonchev–Trinajstić information content (AvgIpc) is 3.17. The highest BCUT2D eigenvalue weighted by Gasteiger charge is 2.20. The van der Waals surface area contributed by atoms with E-state index in [1.807, 2.05) is 0 Å². The topological polar surface area (TPSA) is 122 Å². The minimum Gasteiger partial charge on any atom is -0.325 e. The predicted octanol–water partition coefficient (Wildman–Crippen LogP) is 2.98. The van der Waals surface area contributed by atoms with E-state index >= 15 is 0 Å². The molecule has 0 radical (unpaired) electrons. The number of anilines is 2. The first-order valence-corrected chi connectivity index (χ1v) is 10.9. The summed E-state index contributed by atoms with van der Waals surface area (Å²) in [4.78, 5) is 26.6. The van der Waals surface area contributed by atoms with Crippen molar-refractivity contribution < 1.29 is 18.0 Å². The number of rotatable bonds is 4. The first-order valence-electron chi connectivity index (χ1n) is 8.54. The number of amides is 3. The summed E-state index contributed by atoms with van der Waals surface area (Å²) in [6.07, 6.45) is 1.94. The molecule has 0 saturated carbocycles. The van der Waals surface area contributed by atoms with Crippen molar-refractivity contribution in [2.45, 2.75) is 17.7 Å². The number of para-hydroxylation sites is 2. The fraction of sp³-hybridized carbons (Fsp3) is 0.222. The largest absolute Gasteiger partial charge is 0.325 e. The van der Waals surface area contributed by atoms with Crippen molar-refractivity contribution in [3.63, 3.8) is 0 Å². The van der Waals surface area contributed by atoms with Gasteiger partial charge >= 0.3 is 6.03 Å². The molecule has 2 aromatic rings. The number of sulfonamides is 1. The van der Waals surface area contributed by atoms with Gasteiger partial charge in [0.1, 0.15) is 0 Å². The van der Waals surface area contributed by atoms with Crippen molar-refractivity contribution in [3.8, 4) is 0 Å². The van der Waals surface area contributed by atoms with Gasteiger partial charge in [0.2, 0.25) is 10.0 Å². The number of nitrogens with two attached hydrogens (primary N) is 1. The SMILES string of the molecule is NS(=O)(=O)c1ccc(Br)c(C(=O)Nc2ccccc2NC(=O)N2CCCC2)c1. The van der Waals surface area contributed by atoms with Crippen LogP contribution in [0.4, 0.5) is 16.2 Å². The third kappa shape index (κ3) is 4.70. The third-order valence-corrected chi connectivity index (χ3v) is 5.92. The molecular formula is C18H19BrN4O4S. The lowest BCUT2D eigenvalue weighted by atomic mass is 10.2. The number of likely N-dealkylation sites (tertiary alicyclic amines) is 1. The van der Waals surface area contributed by atoms with Crippen molar-refractivity contribution in [1.82, 2.24) is 4.90 Å². The molecule has 1 saturated heterocycles. The molecule has 10 heteroatoms. The summed E-state index contributed by atoms with van der Waals surface area (Å²) in [5.74, 6) is -0.541. The number of hydrogen-bond acceptors (Lipinski definition) is 4. The van der Waals surface area contributed by atoms with Crippen LogP contribution in [0.2, 0.25) is 0 Å². The van der Waals surface area contributed by atoms with Gasteiger partial charge in [0.15, 0.2) is 0 Å². The van der Waals surface area contributed by atoms with Crippen LogP contribution in [0, 0.1) is 0 Å². The molecule has 148 valence electrons. The van der Waals surface area contributed by atoms with Gasteiger partial charge in [0.05, 0.1) is 21.8 Å². The van der Waals surface area contributed by atoms with Crippen LogP contribution >= 0.6 is 15.9 Å². The molecule has 1 heterocycles. The third-order valence-electron chi connectivity index (χ3n) is 4.32. The number of benzene rings is 2. The van der Waals surface area contributed by atoms with Gasteiger partial charge in [0, 0.05) is 17.6 Å². The Morgan fingerprint density at radius 1 is 1.00 bits per heavy atom. The highest BCUT2D eigenvalue weighted by molar-refractivity contribution is 9.10. The van der Waals surface area contributed by atoms with E-state index in [2.05, 4.69) is 26.6 Å². The summed E-state index contributed by atoms with van der Waals surface area (Å²) in [5, 5.41) is 10.6. The molecule has 0 aromatic heterocycles. The molecule has 8 nitrogen and oxygen atoms in total. The minimum absolute atomic E-state index is 0.104. The molecule has 0 spiro atoms. The normalized spacial score (nSPS) is 14.0. The molecule has 1 fully saturated rings. The molecular weight excluding hydrogens is 448 g/mol. The Morgan fingerprint density at radius 2 is 1.61 bits per heavy atom. The van der Waals surface area contributed by atoms with E-state index in [-0.39, 0.29) is 16.5 Å². The molecule has 3 amide bonds. The van der Waals surface area contributed by atoms with Crippen LogP contribution in [-0.2, 0) is 10.0 Å². The van der Waals surface area contributed by atoms with E-state index in [4.69, 9.17) is 5.14 Å². The summed E-state index contributed by atoms with van der Waals surface area (Å²) in [5.41, 5.74) is 0.951. The number of carbonyl (C=O) groups excluding carboxylic acids is 2. The molecule has 28 heavy (non-hydrogen) atoms. The number of carbonyl (C=O) groups is 2. The number of urea groups is 1. The molecule has 0 atom stereocenters. The van der Waals surface area contributed by atoms with Crippen molar-refractivity contribution in [1.29, 1.82) is 0 Å². The Bertz CT molecular complexity index is 1020. The Morgan fingerprint density at radius 3 is 2.21 bits per heavy atom. The second kappa shape index (κ2) is 8.29. The Balaban J connectivity index is 1.82. The van der Waals surface area contributed by atoms with Crippen LogP contribution in [0.5, 0.6) is 0 Å². The van der Waals surface area contributed by atoms with Gasteiger partial charge in [-0.15, -0.1) is 0 Å². The van der Waals surface area contributed by atoms with E-state index in [1.165, 1.54) is 18.2 Å². The van der Waals surface area contributed by atoms with Crippen LogP contribution in [0.3, 0.4) is 0 Å². The molecule has 2 aromatic carbocycles. The Labute approximate surface area is 171 Å². The maximum absolute atomic E-state index is 12.7. The van der Waals surface area contributed by atoms with E-state index in [1.54, 1.807) is 29.2 Å². The molecule has 1 aliphatic heterocycles. The fourth-order valence-corrected chi connectivity index (χ4v) is 3.83. The summed E-state index contributed by atoms with van der Waals surface area (Å²) in [7, 11) is -3.95. The summed E-state index contributed by atoms with van der Waals surface area (Å²) >= 11 is 3.24. The van der Waals surface area contributed by atoms with Crippen LogP contribution in [-0.4, -0.2) is 38.3 Å². The zero-order valence-electron chi connectivity index (χ0n) is 14.8. The average molecular weight is 467 g/mol. The zero-order valence-corrected chi connectivity index (χ0v) is 17.2. The van der Waals surface area contributed by atoms with E-state index in [0.29, 0.717) is 28.9 Å². The van der Waals surface area contributed by atoms with Gasteiger partial charge in [0.25, 0.3) is 5.91 Å². The quantitative estimate of drug-likeness (QED) is 0.640. The standard InChI is InChI=1S/C18H19BrN4O4S/c19-14-8-7-12(28(20,26)27)11-13(14)17(24)21-15-5-1-2-6-16(15)22-18(25)23-9-3-4-10-23/h1-2,5-8,11H,3-4,9-10H2,(H,21,24)(H,22,25)(H2,20,26,27). The number of primary sulfonamides is 1. The van der Waals surface area contributed by atoms with Crippen LogP contribution in [0.25, 0.3) is 0 Å². The Hall–Kier alpha value is -2.43. The van der Waals surface area contributed by atoms with Crippen LogP contribution < -0.4 is 15.8 Å². The molecule has 4 N–H and O–H groups in total. The lowest BCUT2D eigenvalue weighted by molar-refractivity contribution is 0.102. The van der Waals surface area contributed by atoms with Gasteiger partial charge < -0.3 is 15.5 Å². The smallest absolute Gasteiger partial charge is 0.321 e. The first kappa shape index (κ1) is 20.3. The van der Waals surface area contributed by atoms with Gasteiger partial charge in [-0.25, -0.2) is 18.4 Å². The monoisotopic (exact) mass is 466 g/mol. The van der Waals surface area contributed by atoms with Crippen molar-refractivity contribution in [3.05, 3.63) is 52.5 Å². The zero-order chi connectivity index (χ0) is 20.3. The van der Waals surface area contributed by atoms with Crippen molar-refractivity contribution >= 4 is 49.3 Å². The molecule has 3 rings (SSSR count). The fourth-order valence-electron chi connectivity index (χ4n) is 2.86. The molecule has 0 aliphatic carbocycles. The van der Waals surface area contributed by atoms with Crippen molar-refractivity contribution in [2.24, 2.45) is 5.14 Å². The molecule has 1 aliphatic rings. The van der Waals surface area contributed by atoms with E-state index in [0.717, 1.165) is 12.8 Å². The lowest BCUT2D eigenvalue weighted by Crippen LogP contribution is -2.32. The highest BCUT2D eigenvalue weighted by Crippen LogP contribution is 2.26. The summed E-state index contributed by atoms with van der Waals surface area (Å²) in [6.45, 7) is 1.40. The predicted molar refractivity (Wildman–Crippen MR) is 110 cm³/mol. The van der Waals surface area contributed by atoms with Gasteiger partial charge in [-0.1, -0.05) is 12.1 Å². The van der Waals surface area contributed by atoms with Crippen LogP contribution in [0.15, 0.2) is 51.8 Å². The maximum Gasteiger partial charge on any atom is 0.321 e. The lowest BCUT2D eigenvalue weighted by Gasteiger charge is -2.18. The van der Waals surface area contributed by atoms with Gasteiger partial charge in [-0.3, -0.25) is 4.79 Å². The molecule has 0 unspecified atom stereocenters. The second-order valence-electron chi connectivity index (χ2n) is 6.31. The maximum atomic E-state index is 12.7. The first-order chi connectivity index (χ1) is 13.3. The summed E-state index contributed by atoms with van der Waals surface area (Å²) in [6, 6.07) is 10.5. The van der Waals surface area contributed by atoms with Crippen LogP contribution in [0.1, 0.15) is 23.2 Å². The van der Waals surface area contributed by atoms with Crippen molar-refractivity contribution in [2.75, 3.05) is 23.7 Å². The summed E-state index contributed by atoms with van der Waals surface area (Å²) < 4.78 is 23.5. The van der Waals surface area contributed by atoms with E-state index in [9.17, 15) is 18.0 Å². The number of halogens is 1. The number of nitrogens with zero attached hydrogens (tertiary/aromatic N) is 1. The Kier molecular flexibility index (Phi) is 6.01.